The second-order valence-corrected chi connectivity index (χ2v) is 6.78. The summed E-state index contributed by atoms with van der Waals surface area (Å²) in [6.45, 7) is 3.92. The number of benzene rings is 2. The summed E-state index contributed by atoms with van der Waals surface area (Å²) in [6, 6.07) is 11.5. The lowest BCUT2D eigenvalue weighted by Gasteiger charge is -2.16. The van der Waals surface area contributed by atoms with Gasteiger partial charge in [-0.15, -0.1) is 0 Å². The van der Waals surface area contributed by atoms with Gasteiger partial charge in [0.25, 0.3) is 0 Å². The van der Waals surface area contributed by atoms with E-state index in [1.54, 1.807) is 12.1 Å². The van der Waals surface area contributed by atoms with Crippen molar-refractivity contribution >= 4 is 31.9 Å². The van der Waals surface area contributed by atoms with Gasteiger partial charge in [0.2, 0.25) is 0 Å². The second-order valence-electron chi connectivity index (χ2n) is 4.75. The van der Waals surface area contributed by atoms with Crippen molar-refractivity contribution in [3.05, 3.63) is 68.9 Å². The summed E-state index contributed by atoms with van der Waals surface area (Å²) >= 11 is 7.22. The highest BCUT2D eigenvalue weighted by Crippen LogP contribution is 2.33. The maximum atomic E-state index is 13.3. The largest absolute Gasteiger partial charge is 0.207 e. The lowest BCUT2D eigenvalue weighted by atomic mass is 9.96. The van der Waals surface area contributed by atoms with Crippen LogP contribution in [0.4, 0.5) is 4.39 Å². The first-order valence-electron chi connectivity index (χ1n) is 6.12. The van der Waals surface area contributed by atoms with Crippen LogP contribution in [0.25, 0.3) is 0 Å². The minimum Gasteiger partial charge on any atom is -0.207 e. The molecule has 3 heteroatoms. The van der Waals surface area contributed by atoms with E-state index in [1.165, 1.54) is 11.1 Å². The third-order valence-electron chi connectivity index (χ3n) is 3.18. The molecule has 100 valence electrons. The van der Waals surface area contributed by atoms with E-state index < -0.39 is 0 Å². The molecule has 0 saturated carbocycles. The minimum atomic E-state index is -0.166. The maximum absolute atomic E-state index is 13.3. The topological polar surface area (TPSA) is 0 Å². The Labute approximate surface area is 130 Å². The number of hydrogen-bond donors (Lipinski definition) is 0. The molecule has 0 fully saturated rings. The van der Waals surface area contributed by atoms with Crippen LogP contribution in [-0.4, -0.2) is 0 Å². The Morgan fingerprint density at radius 2 is 1.74 bits per heavy atom. The summed E-state index contributed by atoms with van der Waals surface area (Å²) < 4.78 is 14.4. The minimum absolute atomic E-state index is 0.166. The molecule has 2 aromatic rings. The Morgan fingerprint density at radius 1 is 1.11 bits per heavy atom. The molecule has 0 aliphatic carbocycles. The summed E-state index contributed by atoms with van der Waals surface area (Å²) in [5.41, 5.74) is 4.42. The van der Waals surface area contributed by atoms with Crippen LogP contribution < -0.4 is 0 Å². The van der Waals surface area contributed by atoms with Gasteiger partial charge < -0.3 is 0 Å². The summed E-state index contributed by atoms with van der Waals surface area (Å²) in [5.74, 6) is -0.166. The fraction of sp³-hybridized carbons (Fsp3) is 0.250. The summed E-state index contributed by atoms with van der Waals surface area (Å²) in [4.78, 5) is 0.197. The molecule has 0 radical (unpaired) electrons. The predicted octanol–water partition coefficient (Wildman–Crippen LogP) is 5.88. The van der Waals surface area contributed by atoms with Gasteiger partial charge in [0.05, 0.1) is 0 Å². The van der Waals surface area contributed by atoms with Crippen molar-refractivity contribution in [3.8, 4) is 0 Å². The lowest BCUT2D eigenvalue weighted by Crippen LogP contribution is -2.02. The molecule has 2 rings (SSSR count). The average Bonchev–Trinajstić information content (AvgIpc) is 2.27. The molecule has 0 saturated heterocycles. The summed E-state index contributed by atoms with van der Waals surface area (Å²) in [7, 11) is 0. The third-order valence-corrected chi connectivity index (χ3v) is 4.45. The van der Waals surface area contributed by atoms with Crippen molar-refractivity contribution in [2.75, 3.05) is 0 Å². The fourth-order valence-electron chi connectivity index (χ4n) is 2.39. The SMILES string of the molecule is Cc1cc(F)cc(C)c1C(Br)Cc1cccc(Br)c1. The van der Waals surface area contributed by atoms with E-state index in [0.717, 1.165) is 22.0 Å². The monoisotopic (exact) mass is 384 g/mol. The molecular formula is C16H15Br2F. The smallest absolute Gasteiger partial charge is 0.123 e. The molecule has 0 aliphatic rings. The van der Waals surface area contributed by atoms with Gasteiger partial charge in [-0.3, -0.25) is 0 Å². The van der Waals surface area contributed by atoms with Gasteiger partial charge >= 0.3 is 0 Å². The van der Waals surface area contributed by atoms with Crippen LogP contribution in [-0.2, 0) is 6.42 Å². The first-order chi connectivity index (χ1) is 8.97. The molecule has 0 heterocycles. The highest BCUT2D eigenvalue weighted by Gasteiger charge is 2.15. The van der Waals surface area contributed by atoms with Crippen LogP contribution in [0.2, 0.25) is 0 Å². The van der Waals surface area contributed by atoms with Crippen molar-refractivity contribution in [1.29, 1.82) is 0 Å². The van der Waals surface area contributed by atoms with Gasteiger partial charge in [-0.25, -0.2) is 4.39 Å². The van der Waals surface area contributed by atoms with Crippen molar-refractivity contribution in [3.63, 3.8) is 0 Å². The molecule has 19 heavy (non-hydrogen) atoms. The molecule has 1 unspecified atom stereocenters. The molecule has 0 bridgehead atoms. The number of halogens is 3. The standard InChI is InChI=1S/C16H15Br2F/c1-10-6-14(19)7-11(2)16(10)15(18)9-12-4-3-5-13(17)8-12/h3-8,15H,9H2,1-2H3. The molecule has 1 atom stereocenters. The van der Waals surface area contributed by atoms with Crippen LogP contribution in [0.1, 0.15) is 27.1 Å². The number of alkyl halides is 1. The zero-order valence-corrected chi connectivity index (χ0v) is 14.1. The van der Waals surface area contributed by atoms with Gasteiger partial charge in [-0.1, -0.05) is 44.0 Å². The average molecular weight is 386 g/mol. The first-order valence-corrected chi connectivity index (χ1v) is 7.83. The van der Waals surface area contributed by atoms with Crippen molar-refractivity contribution in [2.45, 2.75) is 25.1 Å². The fourth-order valence-corrected chi connectivity index (χ4v) is 3.93. The normalized spacial score (nSPS) is 12.5. The van der Waals surface area contributed by atoms with E-state index in [-0.39, 0.29) is 10.6 Å². The summed E-state index contributed by atoms with van der Waals surface area (Å²) in [5, 5.41) is 0. The molecule has 2 aromatic carbocycles. The molecule has 0 spiro atoms. The molecule has 0 aliphatic heterocycles. The van der Waals surface area contributed by atoms with E-state index in [9.17, 15) is 4.39 Å². The molecule has 0 amide bonds. The number of rotatable bonds is 3. The second kappa shape index (κ2) is 6.19. The van der Waals surface area contributed by atoms with Crippen LogP contribution in [0, 0.1) is 19.7 Å². The first kappa shape index (κ1) is 14.7. The predicted molar refractivity (Wildman–Crippen MR) is 85.4 cm³/mol. The zero-order valence-electron chi connectivity index (χ0n) is 10.9. The van der Waals surface area contributed by atoms with Crippen LogP contribution in [0.5, 0.6) is 0 Å². The van der Waals surface area contributed by atoms with Crippen molar-refractivity contribution in [1.82, 2.24) is 0 Å². The van der Waals surface area contributed by atoms with Crippen LogP contribution in [0.15, 0.2) is 40.9 Å². The number of hydrogen-bond acceptors (Lipinski definition) is 0. The van der Waals surface area contributed by atoms with E-state index in [2.05, 4.69) is 44.0 Å². The van der Waals surface area contributed by atoms with E-state index in [0.29, 0.717) is 0 Å². The maximum Gasteiger partial charge on any atom is 0.123 e. The van der Waals surface area contributed by atoms with E-state index in [1.807, 2.05) is 26.0 Å². The van der Waals surface area contributed by atoms with Gasteiger partial charge in [0, 0.05) is 9.30 Å². The van der Waals surface area contributed by atoms with Gasteiger partial charge in [0.1, 0.15) is 5.82 Å². The highest BCUT2D eigenvalue weighted by atomic mass is 79.9. The Hall–Kier alpha value is -0.670. The van der Waals surface area contributed by atoms with Crippen LogP contribution >= 0.6 is 31.9 Å². The molecule has 0 nitrogen and oxygen atoms in total. The quantitative estimate of drug-likeness (QED) is 0.578. The van der Waals surface area contributed by atoms with Gasteiger partial charge in [-0.05, 0) is 66.8 Å². The Morgan fingerprint density at radius 3 is 2.32 bits per heavy atom. The molecule has 0 N–H and O–H groups in total. The highest BCUT2D eigenvalue weighted by molar-refractivity contribution is 9.10. The van der Waals surface area contributed by atoms with Crippen molar-refractivity contribution < 1.29 is 4.39 Å². The third kappa shape index (κ3) is 3.67. The Kier molecular flexibility index (Phi) is 4.80. The van der Waals surface area contributed by atoms with E-state index >= 15 is 0 Å². The Balaban J connectivity index is 2.28. The lowest BCUT2D eigenvalue weighted by molar-refractivity contribution is 0.624. The molecular weight excluding hydrogens is 371 g/mol. The van der Waals surface area contributed by atoms with Crippen LogP contribution in [0.3, 0.4) is 0 Å². The van der Waals surface area contributed by atoms with E-state index in [4.69, 9.17) is 0 Å². The van der Waals surface area contributed by atoms with Gasteiger partial charge in [-0.2, -0.15) is 0 Å². The van der Waals surface area contributed by atoms with Crippen molar-refractivity contribution in [2.24, 2.45) is 0 Å². The summed E-state index contributed by atoms with van der Waals surface area (Å²) in [6.07, 6.45) is 0.882. The zero-order chi connectivity index (χ0) is 14.0. The Bertz CT molecular complexity index is 570. The molecule has 0 aromatic heterocycles. The van der Waals surface area contributed by atoms with Gasteiger partial charge in [0.15, 0.2) is 0 Å². The number of aryl methyl sites for hydroxylation is 2.